The maximum absolute atomic E-state index is 13.4. The van der Waals surface area contributed by atoms with Crippen molar-refractivity contribution in [2.45, 2.75) is 12.5 Å². The van der Waals surface area contributed by atoms with Crippen molar-refractivity contribution < 1.29 is 18.7 Å². The van der Waals surface area contributed by atoms with Crippen LogP contribution in [0.2, 0.25) is 0 Å². The molecule has 1 aromatic rings. The minimum atomic E-state index is -0.587. The number of benzene rings is 1. The zero-order valence-electron chi connectivity index (χ0n) is 11.6. The number of ether oxygens (including phenoxy) is 2. The van der Waals surface area contributed by atoms with E-state index in [1.54, 1.807) is 25.4 Å². The molecule has 1 aromatic carbocycles. The zero-order chi connectivity index (χ0) is 14.8. The van der Waals surface area contributed by atoms with Crippen LogP contribution in [0.1, 0.15) is 12.0 Å². The topological polar surface area (TPSA) is 47.6 Å². The molecule has 0 aliphatic carbocycles. The maximum atomic E-state index is 13.4. The van der Waals surface area contributed by atoms with Crippen molar-refractivity contribution in [2.75, 3.05) is 13.7 Å². The lowest BCUT2D eigenvalue weighted by Crippen LogP contribution is -2.32. The normalized spacial score (nSPS) is 24.8. The number of allylic oxidation sites excluding steroid dienone is 1. The van der Waals surface area contributed by atoms with E-state index >= 15 is 0 Å². The van der Waals surface area contributed by atoms with Gasteiger partial charge in [-0.2, -0.15) is 0 Å². The van der Waals surface area contributed by atoms with Crippen molar-refractivity contribution in [3.63, 3.8) is 0 Å². The Morgan fingerprint density at radius 1 is 1.38 bits per heavy atom. The minimum Gasteiger partial charge on any atom is -0.501 e. The Morgan fingerprint density at radius 2 is 2.24 bits per heavy atom. The van der Waals surface area contributed by atoms with Crippen LogP contribution in [0.4, 0.5) is 4.39 Å². The summed E-state index contributed by atoms with van der Waals surface area (Å²) in [5, 5.41) is 2.89. The molecule has 2 aliphatic rings. The molecule has 0 saturated carbocycles. The third-order valence-electron chi connectivity index (χ3n) is 3.69. The summed E-state index contributed by atoms with van der Waals surface area (Å²) in [5.74, 6) is -0.147. The van der Waals surface area contributed by atoms with E-state index < -0.39 is 6.10 Å². The maximum Gasteiger partial charge on any atom is 0.209 e. The molecule has 1 N–H and O–H groups in total. The first-order valence-corrected chi connectivity index (χ1v) is 6.86. The van der Waals surface area contributed by atoms with Crippen LogP contribution in [-0.4, -0.2) is 25.5 Å². The Hall–Kier alpha value is -2.30. The van der Waals surface area contributed by atoms with E-state index in [1.165, 1.54) is 12.1 Å². The molecule has 21 heavy (non-hydrogen) atoms. The first kappa shape index (κ1) is 13.7. The molecular weight excluding hydrogens is 273 g/mol. The molecule has 110 valence electrons. The minimum absolute atomic E-state index is 0.0306. The molecule has 0 radical (unpaired) electrons. The van der Waals surface area contributed by atoms with E-state index in [-0.39, 0.29) is 17.5 Å². The van der Waals surface area contributed by atoms with Crippen molar-refractivity contribution in [1.82, 2.24) is 5.32 Å². The van der Waals surface area contributed by atoms with Crippen molar-refractivity contribution in [3.05, 3.63) is 53.9 Å². The van der Waals surface area contributed by atoms with Crippen molar-refractivity contribution >= 4 is 11.4 Å². The molecule has 2 unspecified atom stereocenters. The third kappa shape index (κ3) is 2.51. The molecule has 0 fully saturated rings. The predicted molar refractivity (Wildman–Crippen MR) is 75.5 cm³/mol. The summed E-state index contributed by atoms with van der Waals surface area (Å²) in [6.07, 6.45) is 3.65. The van der Waals surface area contributed by atoms with Crippen molar-refractivity contribution in [1.29, 1.82) is 0 Å². The van der Waals surface area contributed by atoms with Gasteiger partial charge in [-0.15, -0.1) is 0 Å². The number of carbonyl (C=O) groups excluding carboxylic acids is 1. The largest absolute Gasteiger partial charge is 0.501 e. The fraction of sp³-hybridized carbons (Fsp3) is 0.312. The SMILES string of the molecule is CNC1=C(c2cccc(F)c2)C(=O)C(C2CC=COC2)O1. The van der Waals surface area contributed by atoms with Crippen LogP contribution in [0.25, 0.3) is 5.57 Å². The van der Waals surface area contributed by atoms with Gasteiger partial charge in [0.25, 0.3) is 0 Å². The predicted octanol–water partition coefficient (Wildman–Crippen LogP) is 2.23. The molecule has 2 atom stereocenters. The summed E-state index contributed by atoms with van der Waals surface area (Å²) in [6.45, 7) is 0.445. The monoisotopic (exact) mass is 289 g/mol. The molecule has 5 heteroatoms. The standard InChI is InChI=1S/C16H16FNO3/c1-18-16-13(10-4-2-6-12(17)8-10)14(19)15(21-16)11-5-3-7-20-9-11/h2-4,6-8,11,15,18H,5,9H2,1H3. The lowest BCUT2D eigenvalue weighted by Gasteiger charge is -2.23. The van der Waals surface area contributed by atoms with E-state index in [9.17, 15) is 9.18 Å². The van der Waals surface area contributed by atoms with Gasteiger partial charge < -0.3 is 14.8 Å². The van der Waals surface area contributed by atoms with Gasteiger partial charge in [0.2, 0.25) is 5.78 Å². The summed E-state index contributed by atoms with van der Waals surface area (Å²) < 4.78 is 24.4. The highest BCUT2D eigenvalue weighted by atomic mass is 19.1. The van der Waals surface area contributed by atoms with Gasteiger partial charge in [-0.3, -0.25) is 4.79 Å². The second-order valence-electron chi connectivity index (χ2n) is 5.07. The van der Waals surface area contributed by atoms with E-state index in [0.29, 0.717) is 23.6 Å². The summed E-state index contributed by atoms with van der Waals surface area (Å²) in [4.78, 5) is 12.7. The fourth-order valence-electron chi connectivity index (χ4n) is 2.66. The van der Waals surface area contributed by atoms with Gasteiger partial charge in [0.1, 0.15) is 5.82 Å². The van der Waals surface area contributed by atoms with E-state index in [2.05, 4.69) is 5.32 Å². The molecular formula is C16H16FNO3. The fourth-order valence-corrected chi connectivity index (χ4v) is 2.66. The van der Waals surface area contributed by atoms with Crippen LogP contribution in [-0.2, 0) is 14.3 Å². The molecule has 0 saturated heterocycles. The number of hydrogen-bond acceptors (Lipinski definition) is 4. The van der Waals surface area contributed by atoms with Gasteiger partial charge in [-0.1, -0.05) is 12.1 Å². The van der Waals surface area contributed by atoms with Crippen molar-refractivity contribution in [3.8, 4) is 0 Å². The van der Waals surface area contributed by atoms with Crippen LogP contribution in [0.15, 0.2) is 42.5 Å². The Morgan fingerprint density at radius 3 is 2.90 bits per heavy atom. The lowest BCUT2D eigenvalue weighted by molar-refractivity contribution is -0.123. The smallest absolute Gasteiger partial charge is 0.209 e. The number of rotatable bonds is 3. The highest BCUT2D eigenvalue weighted by Crippen LogP contribution is 2.34. The summed E-state index contributed by atoms with van der Waals surface area (Å²) >= 11 is 0. The van der Waals surface area contributed by atoms with Crippen LogP contribution in [0.3, 0.4) is 0 Å². The molecule has 0 bridgehead atoms. The van der Waals surface area contributed by atoms with Crippen molar-refractivity contribution in [2.24, 2.45) is 5.92 Å². The molecule has 0 amide bonds. The summed E-state index contributed by atoms with van der Waals surface area (Å²) in [6, 6.07) is 5.98. The van der Waals surface area contributed by atoms with Gasteiger partial charge in [0.05, 0.1) is 18.4 Å². The summed E-state index contributed by atoms with van der Waals surface area (Å²) in [7, 11) is 1.68. The number of ketones is 1. The zero-order valence-corrected chi connectivity index (χ0v) is 11.6. The van der Waals surface area contributed by atoms with Gasteiger partial charge >= 0.3 is 0 Å². The van der Waals surface area contributed by atoms with Crippen LogP contribution < -0.4 is 5.32 Å². The molecule has 2 aliphatic heterocycles. The number of Topliss-reactive ketones (excluding diaryl/α,β-unsaturated/α-hetero) is 1. The first-order valence-electron chi connectivity index (χ1n) is 6.86. The number of halogens is 1. The second kappa shape index (κ2) is 5.60. The lowest BCUT2D eigenvalue weighted by atomic mass is 9.91. The average molecular weight is 289 g/mol. The molecule has 2 heterocycles. The molecule has 0 aromatic heterocycles. The Balaban J connectivity index is 1.91. The third-order valence-corrected chi connectivity index (χ3v) is 3.69. The summed E-state index contributed by atoms with van der Waals surface area (Å²) in [5.41, 5.74) is 0.927. The van der Waals surface area contributed by atoms with E-state index in [4.69, 9.17) is 9.47 Å². The molecule has 4 nitrogen and oxygen atoms in total. The van der Waals surface area contributed by atoms with Crippen LogP contribution in [0, 0.1) is 11.7 Å². The van der Waals surface area contributed by atoms with E-state index in [1.807, 2.05) is 6.08 Å². The molecule has 0 spiro atoms. The number of carbonyl (C=O) groups is 1. The van der Waals surface area contributed by atoms with Gasteiger partial charge in [0.15, 0.2) is 12.0 Å². The quantitative estimate of drug-likeness (QED) is 0.927. The average Bonchev–Trinajstić information content (AvgIpc) is 2.85. The van der Waals surface area contributed by atoms with Gasteiger partial charge in [-0.25, -0.2) is 4.39 Å². The highest BCUT2D eigenvalue weighted by molar-refractivity contribution is 6.25. The van der Waals surface area contributed by atoms with Gasteiger partial charge in [-0.05, 0) is 30.2 Å². The first-order chi connectivity index (χ1) is 10.2. The Kier molecular flexibility index (Phi) is 3.64. The Labute approximate surface area is 122 Å². The van der Waals surface area contributed by atoms with E-state index in [0.717, 1.165) is 6.42 Å². The Bertz CT molecular complexity index is 624. The second-order valence-corrected chi connectivity index (χ2v) is 5.07. The number of nitrogens with one attached hydrogen (secondary N) is 1. The number of hydrogen-bond donors (Lipinski definition) is 1. The molecule has 3 rings (SSSR count). The highest BCUT2D eigenvalue weighted by Gasteiger charge is 2.41. The van der Waals surface area contributed by atoms with Crippen LogP contribution in [0.5, 0.6) is 0 Å². The van der Waals surface area contributed by atoms with Crippen LogP contribution >= 0.6 is 0 Å². The van der Waals surface area contributed by atoms with Gasteiger partial charge in [0, 0.05) is 13.0 Å².